The second-order valence-electron chi connectivity index (χ2n) is 6.17. The average Bonchev–Trinajstić information content (AvgIpc) is 3.19. The molecule has 0 fully saturated rings. The van der Waals surface area contributed by atoms with E-state index in [-0.39, 0.29) is 12.2 Å². The number of carbonyl (C=O) groups is 2. The van der Waals surface area contributed by atoms with Crippen molar-refractivity contribution in [3.05, 3.63) is 78.1 Å². The van der Waals surface area contributed by atoms with E-state index in [2.05, 4.69) is 21.0 Å². The van der Waals surface area contributed by atoms with Gasteiger partial charge < -0.3 is 16.0 Å². The fraction of sp³-hybridized carbons (Fsp3) is 0.150. The molecule has 150 valence electrons. The lowest BCUT2D eigenvalue weighted by Gasteiger charge is -2.08. The highest BCUT2D eigenvalue weighted by atomic mass is 19.2. The van der Waals surface area contributed by atoms with Crippen LogP contribution in [-0.4, -0.2) is 34.8 Å². The number of rotatable bonds is 7. The van der Waals surface area contributed by atoms with Gasteiger partial charge in [0.05, 0.1) is 18.4 Å². The van der Waals surface area contributed by atoms with Gasteiger partial charge in [-0.1, -0.05) is 18.2 Å². The van der Waals surface area contributed by atoms with Crippen molar-refractivity contribution in [1.82, 2.24) is 20.4 Å². The summed E-state index contributed by atoms with van der Waals surface area (Å²) in [5.41, 5.74) is 1.99. The maximum Gasteiger partial charge on any atom is 0.315 e. The van der Waals surface area contributed by atoms with E-state index in [0.717, 1.165) is 23.4 Å². The summed E-state index contributed by atoms with van der Waals surface area (Å²) in [6, 6.07) is 12.1. The normalized spacial score (nSPS) is 10.4. The Labute approximate surface area is 165 Å². The molecule has 3 rings (SSSR count). The molecule has 3 N–H and O–H groups in total. The van der Waals surface area contributed by atoms with E-state index in [1.807, 2.05) is 36.5 Å². The second-order valence-corrected chi connectivity index (χ2v) is 6.17. The molecule has 0 saturated heterocycles. The van der Waals surface area contributed by atoms with E-state index in [0.29, 0.717) is 13.0 Å². The highest BCUT2D eigenvalue weighted by Gasteiger charge is 2.08. The first kappa shape index (κ1) is 20.0. The van der Waals surface area contributed by atoms with Crippen molar-refractivity contribution in [3.63, 3.8) is 0 Å². The molecule has 0 atom stereocenters. The number of urea groups is 1. The quantitative estimate of drug-likeness (QED) is 0.571. The van der Waals surface area contributed by atoms with E-state index in [1.165, 1.54) is 6.07 Å². The van der Waals surface area contributed by atoms with Gasteiger partial charge in [-0.2, -0.15) is 5.10 Å². The van der Waals surface area contributed by atoms with Crippen LogP contribution in [0.4, 0.5) is 19.3 Å². The minimum atomic E-state index is -1.07. The highest BCUT2D eigenvalue weighted by Crippen LogP contribution is 2.12. The molecule has 2 aromatic carbocycles. The molecule has 0 saturated carbocycles. The highest BCUT2D eigenvalue weighted by molar-refractivity contribution is 5.94. The van der Waals surface area contributed by atoms with Crippen LogP contribution < -0.4 is 16.0 Å². The number of benzene rings is 2. The molecule has 3 amide bonds. The summed E-state index contributed by atoms with van der Waals surface area (Å²) in [6.07, 6.45) is 4.17. The molecule has 0 aliphatic rings. The van der Waals surface area contributed by atoms with Crippen LogP contribution in [0.25, 0.3) is 5.69 Å². The number of amides is 3. The third-order valence-corrected chi connectivity index (χ3v) is 3.97. The Morgan fingerprint density at radius 2 is 1.79 bits per heavy atom. The maximum absolute atomic E-state index is 13.1. The predicted octanol–water partition coefficient (Wildman–Crippen LogP) is 2.63. The number of aromatic nitrogens is 2. The van der Waals surface area contributed by atoms with Crippen molar-refractivity contribution < 1.29 is 18.4 Å². The van der Waals surface area contributed by atoms with E-state index >= 15 is 0 Å². The Morgan fingerprint density at radius 1 is 1.00 bits per heavy atom. The number of carbonyl (C=O) groups excluding carboxylic acids is 2. The topological polar surface area (TPSA) is 88.1 Å². The van der Waals surface area contributed by atoms with Crippen molar-refractivity contribution >= 4 is 17.6 Å². The summed E-state index contributed by atoms with van der Waals surface area (Å²) in [7, 11) is 0. The first-order chi connectivity index (χ1) is 14.0. The molecular weight excluding hydrogens is 380 g/mol. The summed E-state index contributed by atoms with van der Waals surface area (Å²) in [6.45, 7) is 0.0495. The minimum Gasteiger partial charge on any atom is -0.338 e. The van der Waals surface area contributed by atoms with Gasteiger partial charge in [-0.15, -0.1) is 0 Å². The number of para-hydroxylation sites is 1. The van der Waals surface area contributed by atoms with Gasteiger partial charge in [0, 0.05) is 24.5 Å². The van der Waals surface area contributed by atoms with Crippen molar-refractivity contribution in [2.45, 2.75) is 6.42 Å². The van der Waals surface area contributed by atoms with Crippen LogP contribution in [0.1, 0.15) is 5.56 Å². The zero-order valence-corrected chi connectivity index (χ0v) is 15.4. The molecule has 0 radical (unpaired) electrons. The largest absolute Gasteiger partial charge is 0.338 e. The van der Waals surface area contributed by atoms with E-state index in [1.54, 1.807) is 10.9 Å². The number of hydrogen-bond donors (Lipinski definition) is 3. The zero-order valence-electron chi connectivity index (χ0n) is 15.4. The Bertz CT molecular complexity index is 992. The number of halogens is 2. The SMILES string of the molecule is O=C(CNC(=O)NCCc1cnn(-c2ccccc2)c1)Nc1ccc(F)c(F)c1. The van der Waals surface area contributed by atoms with Gasteiger partial charge >= 0.3 is 6.03 Å². The minimum absolute atomic E-state index is 0.103. The summed E-state index contributed by atoms with van der Waals surface area (Å²) in [4.78, 5) is 23.5. The average molecular weight is 399 g/mol. The zero-order chi connectivity index (χ0) is 20.6. The third-order valence-electron chi connectivity index (χ3n) is 3.97. The van der Waals surface area contributed by atoms with E-state index < -0.39 is 23.6 Å². The van der Waals surface area contributed by atoms with Crippen LogP contribution >= 0.6 is 0 Å². The molecule has 0 bridgehead atoms. The summed E-state index contributed by atoms with van der Waals surface area (Å²) >= 11 is 0. The van der Waals surface area contributed by atoms with Crippen LogP contribution in [0.2, 0.25) is 0 Å². The van der Waals surface area contributed by atoms with Gasteiger partial charge in [-0.05, 0) is 36.2 Å². The fourth-order valence-corrected chi connectivity index (χ4v) is 2.53. The van der Waals surface area contributed by atoms with Crippen molar-refractivity contribution in [1.29, 1.82) is 0 Å². The van der Waals surface area contributed by atoms with Crippen LogP contribution in [0.5, 0.6) is 0 Å². The molecule has 1 heterocycles. The molecule has 29 heavy (non-hydrogen) atoms. The summed E-state index contributed by atoms with van der Waals surface area (Å²) in [5.74, 6) is -2.63. The van der Waals surface area contributed by atoms with Gasteiger partial charge in [0.25, 0.3) is 0 Å². The summed E-state index contributed by atoms with van der Waals surface area (Å²) < 4.78 is 27.7. The predicted molar refractivity (Wildman–Crippen MR) is 104 cm³/mol. The first-order valence-corrected chi connectivity index (χ1v) is 8.87. The fourth-order valence-electron chi connectivity index (χ4n) is 2.53. The van der Waals surface area contributed by atoms with Crippen LogP contribution in [0, 0.1) is 11.6 Å². The maximum atomic E-state index is 13.1. The standard InChI is InChI=1S/C20H19F2N5O2/c21-17-7-6-15(10-18(17)22)26-19(28)12-24-20(29)23-9-8-14-11-25-27(13-14)16-4-2-1-3-5-16/h1-7,10-11,13H,8-9,12H2,(H,26,28)(H2,23,24,29). The number of anilines is 1. The molecule has 0 unspecified atom stereocenters. The lowest BCUT2D eigenvalue weighted by atomic mass is 10.2. The van der Waals surface area contributed by atoms with E-state index in [9.17, 15) is 18.4 Å². The van der Waals surface area contributed by atoms with Crippen LogP contribution in [-0.2, 0) is 11.2 Å². The Morgan fingerprint density at radius 3 is 2.55 bits per heavy atom. The molecule has 7 nitrogen and oxygen atoms in total. The lowest BCUT2D eigenvalue weighted by molar-refractivity contribution is -0.115. The lowest BCUT2D eigenvalue weighted by Crippen LogP contribution is -2.40. The van der Waals surface area contributed by atoms with Crippen LogP contribution in [0.3, 0.4) is 0 Å². The molecular formula is C20H19F2N5O2. The number of hydrogen-bond acceptors (Lipinski definition) is 3. The van der Waals surface area contributed by atoms with Gasteiger partial charge in [-0.25, -0.2) is 18.3 Å². The smallest absolute Gasteiger partial charge is 0.315 e. The Kier molecular flexibility index (Phi) is 6.51. The first-order valence-electron chi connectivity index (χ1n) is 8.87. The van der Waals surface area contributed by atoms with Gasteiger partial charge in [0.2, 0.25) is 5.91 Å². The Balaban J connectivity index is 1.37. The molecule has 3 aromatic rings. The van der Waals surface area contributed by atoms with Crippen molar-refractivity contribution in [2.24, 2.45) is 0 Å². The molecule has 0 aliphatic carbocycles. The molecule has 0 spiro atoms. The monoisotopic (exact) mass is 399 g/mol. The van der Waals surface area contributed by atoms with Gasteiger partial charge in [0.15, 0.2) is 11.6 Å². The van der Waals surface area contributed by atoms with Crippen LogP contribution in [0.15, 0.2) is 60.9 Å². The van der Waals surface area contributed by atoms with E-state index in [4.69, 9.17) is 0 Å². The van der Waals surface area contributed by atoms with Crippen molar-refractivity contribution in [3.8, 4) is 5.69 Å². The molecule has 0 aliphatic heterocycles. The third kappa shape index (κ3) is 5.86. The van der Waals surface area contributed by atoms with Crippen molar-refractivity contribution in [2.75, 3.05) is 18.4 Å². The van der Waals surface area contributed by atoms with Gasteiger partial charge in [-0.3, -0.25) is 4.79 Å². The molecule has 9 heteroatoms. The number of nitrogens with zero attached hydrogens (tertiary/aromatic N) is 2. The van der Waals surface area contributed by atoms with Gasteiger partial charge in [0.1, 0.15) is 0 Å². The number of nitrogens with one attached hydrogen (secondary N) is 3. The Hall–Kier alpha value is -3.75. The molecule has 1 aromatic heterocycles. The second kappa shape index (κ2) is 9.45. The summed E-state index contributed by atoms with van der Waals surface area (Å²) in [5, 5.41) is 11.7.